The number of hydrogen-bond acceptors (Lipinski definition) is 0. The lowest BCUT2D eigenvalue weighted by atomic mass is 9.77. The highest BCUT2D eigenvalue weighted by molar-refractivity contribution is 5.60. The number of benzene rings is 1. The standard InChI is InChI=1S/C15H4F16/c16-8-5-3(1-2-9(17,18)11(5,20)21)4(13(24,25)26)6-7(8)12(22,23)14(27,28)10(6,19)15(29,30)31/h1-2H2. The average molecular weight is 488 g/mol. The third-order valence-electron chi connectivity index (χ3n) is 5.16. The lowest BCUT2D eigenvalue weighted by molar-refractivity contribution is -0.350. The van der Waals surface area contributed by atoms with E-state index in [1.807, 2.05) is 0 Å². The fourth-order valence-electron chi connectivity index (χ4n) is 3.77. The summed E-state index contributed by atoms with van der Waals surface area (Å²) in [6.45, 7) is 0. The van der Waals surface area contributed by atoms with Crippen molar-refractivity contribution in [2.24, 2.45) is 0 Å². The van der Waals surface area contributed by atoms with E-state index >= 15 is 0 Å². The van der Waals surface area contributed by atoms with Crippen LogP contribution in [0.4, 0.5) is 70.2 Å². The van der Waals surface area contributed by atoms with Gasteiger partial charge in [0.2, 0.25) is 0 Å². The highest BCUT2D eigenvalue weighted by atomic mass is 19.4. The van der Waals surface area contributed by atoms with Crippen molar-refractivity contribution in [3.05, 3.63) is 33.6 Å². The summed E-state index contributed by atoms with van der Waals surface area (Å²) < 4.78 is 220. The van der Waals surface area contributed by atoms with Crippen LogP contribution in [-0.2, 0) is 30.1 Å². The third kappa shape index (κ3) is 2.47. The van der Waals surface area contributed by atoms with E-state index in [2.05, 4.69) is 0 Å². The summed E-state index contributed by atoms with van der Waals surface area (Å²) in [7, 11) is 0. The van der Waals surface area contributed by atoms with Crippen LogP contribution >= 0.6 is 0 Å². The molecule has 0 spiro atoms. The fraction of sp³-hybridized carbons (Fsp3) is 0.600. The Kier molecular flexibility index (Phi) is 4.38. The summed E-state index contributed by atoms with van der Waals surface area (Å²) in [5.41, 5.74) is -23.3. The molecule has 1 atom stereocenters. The molecule has 2 aliphatic rings. The molecule has 16 heteroatoms. The van der Waals surface area contributed by atoms with E-state index in [1.165, 1.54) is 0 Å². The highest BCUT2D eigenvalue weighted by Gasteiger charge is 2.88. The fourth-order valence-corrected chi connectivity index (χ4v) is 3.77. The molecule has 1 aromatic rings. The number of fused-ring (bicyclic) bond motifs is 2. The minimum absolute atomic E-state index is 2.00. The van der Waals surface area contributed by atoms with E-state index in [9.17, 15) is 70.2 Å². The Bertz CT molecular complexity index is 949. The second kappa shape index (κ2) is 5.71. The first-order valence-corrected chi connectivity index (χ1v) is 7.73. The molecule has 0 amide bonds. The van der Waals surface area contributed by atoms with Crippen LogP contribution in [0, 0.1) is 5.82 Å². The van der Waals surface area contributed by atoms with E-state index in [0.29, 0.717) is 0 Å². The third-order valence-corrected chi connectivity index (χ3v) is 5.16. The van der Waals surface area contributed by atoms with Gasteiger partial charge in [-0.25, -0.2) is 8.78 Å². The van der Waals surface area contributed by atoms with Crippen LogP contribution in [0.3, 0.4) is 0 Å². The Morgan fingerprint density at radius 2 is 1.13 bits per heavy atom. The van der Waals surface area contributed by atoms with Gasteiger partial charge in [0.1, 0.15) is 5.82 Å². The van der Waals surface area contributed by atoms with Crippen molar-refractivity contribution in [2.45, 2.75) is 54.6 Å². The molecule has 0 saturated heterocycles. The normalized spacial score (nSPS) is 28.3. The number of halogens is 16. The molecule has 0 nitrogen and oxygen atoms in total. The van der Waals surface area contributed by atoms with Gasteiger partial charge < -0.3 is 0 Å². The molecular weight excluding hydrogens is 484 g/mol. The van der Waals surface area contributed by atoms with E-state index in [0.717, 1.165) is 0 Å². The maximum Gasteiger partial charge on any atom is 0.433 e. The Morgan fingerprint density at radius 1 is 0.645 bits per heavy atom. The van der Waals surface area contributed by atoms with Gasteiger partial charge in [0.15, 0.2) is 0 Å². The Hall–Kier alpha value is -1.90. The van der Waals surface area contributed by atoms with Crippen molar-refractivity contribution in [1.82, 2.24) is 0 Å². The zero-order chi connectivity index (χ0) is 24.4. The van der Waals surface area contributed by atoms with Crippen LogP contribution < -0.4 is 0 Å². The van der Waals surface area contributed by atoms with Crippen LogP contribution in [0.25, 0.3) is 0 Å². The van der Waals surface area contributed by atoms with Gasteiger partial charge in [-0.3, -0.25) is 0 Å². The molecule has 2 aliphatic carbocycles. The minimum atomic E-state index is -7.23. The van der Waals surface area contributed by atoms with Crippen molar-refractivity contribution < 1.29 is 70.2 Å². The van der Waals surface area contributed by atoms with Gasteiger partial charge in [-0.1, -0.05) is 0 Å². The lowest BCUT2D eigenvalue weighted by Crippen LogP contribution is -2.55. The summed E-state index contributed by atoms with van der Waals surface area (Å²) in [5.74, 6) is -28.9. The molecule has 176 valence electrons. The smallest absolute Gasteiger partial charge is 0.221 e. The van der Waals surface area contributed by atoms with Gasteiger partial charge in [0.25, 0.3) is 0 Å². The summed E-state index contributed by atoms with van der Waals surface area (Å²) in [5, 5.41) is 0. The zero-order valence-corrected chi connectivity index (χ0v) is 14.0. The summed E-state index contributed by atoms with van der Waals surface area (Å²) in [6.07, 6.45) is -18.0. The van der Waals surface area contributed by atoms with Crippen molar-refractivity contribution in [2.75, 3.05) is 0 Å². The predicted molar refractivity (Wildman–Crippen MR) is 66.2 cm³/mol. The molecule has 0 saturated carbocycles. The van der Waals surface area contributed by atoms with Gasteiger partial charge in [-0.05, 0) is 12.0 Å². The maximum absolute atomic E-state index is 14.6. The first kappa shape index (κ1) is 23.8. The van der Waals surface area contributed by atoms with Gasteiger partial charge in [0, 0.05) is 12.0 Å². The van der Waals surface area contributed by atoms with Gasteiger partial charge in [-0.15, -0.1) is 0 Å². The summed E-state index contributed by atoms with van der Waals surface area (Å²) in [6, 6.07) is 0. The van der Waals surface area contributed by atoms with E-state index in [1.54, 1.807) is 0 Å². The molecular formula is C15H4F16. The summed E-state index contributed by atoms with van der Waals surface area (Å²) in [4.78, 5) is 0. The molecule has 0 radical (unpaired) electrons. The SMILES string of the molecule is Fc1c2c(c(C(F)(F)F)c3c1C(F)(F)C(F)(F)C3(F)C(F)(F)F)CCC(F)(F)C2(F)F. The first-order valence-electron chi connectivity index (χ1n) is 7.73. The topological polar surface area (TPSA) is 0 Å². The molecule has 31 heavy (non-hydrogen) atoms. The molecule has 0 fully saturated rings. The second-order valence-corrected chi connectivity index (χ2v) is 6.87. The molecule has 0 bridgehead atoms. The van der Waals surface area contributed by atoms with Crippen LogP contribution in [0.15, 0.2) is 0 Å². The van der Waals surface area contributed by atoms with Crippen LogP contribution in [0.1, 0.15) is 34.2 Å². The van der Waals surface area contributed by atoms with Crippen LogP contribution in [0.5, 0.6) is 0 Å². The van der Waals surface area contributed by atoms with Crippen molar-refractivity contribution in [1.29, 1.82) is 0 Å². The first-order chi connectivity index (χ1) is 13.5. The quantitative estimate of drug-likeness (QED) is 0.346. The number of alkyl halides is 15. The molecule has 1 aromatic carbocycles. The molecule has 0 aromatic heterocycles. The van der Waals surface area contributed by atoms with E-state index < -0.39 is 88.2 Å². The van der Waals surface area contributed by atoms with Gasteiger partial charge >= 0.3 is 41.7 Å². The zero-order valence-electron chi connectivity index (χ0n) is 14.0. The Balaban J connectivity index is 2.68. The lowest BCUT2D eigenvalue weighted by Gasteiger charge is -2.36. The van der Waals surface area contributed by atoms with Gasteiger partial charge in [0.05, 0.1) is 16.7 Å². The Morgan fingerprint density at radius 3 is 1.55 bits per heavy atom. The predicted octanol–water partition coefficient (Wildman–Crippen LogP) is 6.99. The monoisotopic (exact) mass is 488 g/mol. The van der Waals surface area contributed by atoms with Gasteiger partial charge in [-0.2, -0.15) is 61.5 Å². The summed E-state index contributed by atoms with van der Waals surface area (Å²) >= 11 is 0. The number of hydrogen-bond donors (Lipinski definition) is 0. The molecule has 3 rings (SSSR count). The molecule has 0 heterocycles. The van der Waals surface area contributed by atoms with Crippen molar-refractivity contribution in [3.8, 4) is 0 Å². The van der Waals surface area contributed by atoms with Crippen molar-refractivity contribution in [3.63, 3.8) is 0 Å². The van der Waals surface area contributed by atoms with E-state index in [-0.39, 0.29) is 0 Å². The van der Waals surface area contributed by atoms with Crippen LogP contribution in [0.2, 0.25) is 0 Å². The molecule has 0 aliphatic heterocycles. The maximum atomic E-state index is 14.6. The number of rotatable bonds is 0. The molecule has 1 unspecified atom stereocenters. The van der Waals surface area contributed by atoms with E-state index in [4.69, 9.17) is 0 Å². The second-order valence-electron chi connectivity index (χ2n) is 6.87. The minimum Gasteiger partial charge on any atom is -0.221 e. The van der Waals surface area contributed by atoms with Crippen molar-refractivity contribution >= 4 is 0 Å². The Labute approximate surface area is 159 Å². The average Bonchev–Trinajstić information content (AvgIpc) is 2.65. The highest BCUT2D eigenvalue weighted by Crippen LogP contribution is 2.70. The largest absolute Gasteiger partial charge is 0.433 e. The molecule has 0 N–H and O–H groups in total. The van der Waals surface area contributed by atoms with Crippen LogP contribution in [-0.4, -0.2) is 18.0 Å².